The highest BCUT2D eigenvalue weighted by Gasteiger charge is 2.45. The quantitative estimate of drug-likeness (QED) is 0.833. The number of anilines is 1. The van der Waals surface area contributed by atoms with E-state index < -0.39 is 11.5 Å². The van der Waals surface area contributed by atoms with Gasteiger partial charge in [-0.2, -0.15) is 0 Å². The fraction of sp³-hybridized carbons (Fsp3) is 0.526. The number of carbonyl (C=O) groups is 1. The number of piperidine rings is 2. The van der Waals surface area contributed by atoms with Crippen LogP contribution < -0.4 is 19.7 Å². The summed E-state index contributed by atoms with van der Waals surface area (Å²) < 4.78 is 10.8. The zero-order valence-electron chi connectivity index (χ0n) is 15.6. The van der Waals surface area contributed by atoms with Crippen LogP contribution in [0.5, 0.6) is 11.5 Å². The maximum Gasteiger partial charge on any atom is 0.226 e. The van der Waals surface area contributed by atoms with Crippen LogP contribution in [0.2, 0.25) is 0 Å². The number of carbonyl (C=O) groups excluding carboxylic acids is 1. The molecule has 3 heterocycles. The van der Waals surface area contributed by atoms with Crippen molar-refractivity contribution in [3.63, 3.8) is 0 Å². The van der Waals surface area contributed by atoms with Crippen LogP contribution in [0.15, 0.2) is 18.5 Å². The number of hydrogen-bond donors (Lipinski definition) is 2. The Morgan fingerprint density at radius 3 is 2.59 bits per heavy atom. The second kappa shape index (κ2) is 6.84. The number of nitrogens with zero attached hydrogens (tertiary/aromatic N) is 3. The average Bonchev–Trinajstić information content (AvgIpc) is 2.70. The number of ether oxygens (including phenoxy) is 2. The van der Waals surface area contributed by atoms with Gasteiger partial charge in [0.05, 0.1) is 31.3 Å². The summed E-state index contributed by atoms with van der Waals surface area (Å²) in [5.74, 6) is 2.14. The zero-order chi connectivity index (χ0) is 19.0. The van der Waals surface area contributed by atoms with Gasteiger partial charge in [-0.15, -0.1) is 0 Å². The molecule has 1 spiro atoms. The lowest BCUT2D eigenvalue weighted by molar-refractivity contribution is -0.138. The van der Waals surface area contributed by atoms with Crippen molar-refractivity contribution in [1.82, 2.24) is 15.3 Å². The van der Waals surface area contributed by atoms with Crippen molar-refractivity contribution in [2.24, 2.45) is 5.41 Å². The minimum atomic E-state index is -0.474. The van der Waals surface area contributed by atoms with Crippen molar-refractivity contribution in [3.05, 3.63) is 18.5 Å². The van der Waals surface area contributed by atoms with Gasteiger partial charge in [-0.25, -0.2) is 9.97 Å². The third kappa shape index (κ3) is 3.03. The van der Waals surface area contributed by atoms with E-state index in [4.69, 9.17) is 9.47 Å². The maximum absolute atomic E-state index is 12.4. The first kappa shape index (κ1) is 17.8. The van der Waals surface area contributed by atoms with E-state index in [1.807, 2.05) is 12.1 Å². The standard InChI is InChI=1S/C19H24N4O4/c1-26-15-7-13-14(8-16(15)27-2)21-11-22-17(13)23-5-3-19(4-6-23)9-12(24)10-20-18(19)25/h7-8,11-12,24H,3-6,9-10H2,1-2H3,(H,20,25). The van der Waals surface area contributed by atoms with E-state index in [1.165, 1.54) is 0 Å². The molecule has 144 valence electrons. The van der Waals surface area contributed by atoms with Crippen molar-refractivity contribution in [2.75, 3.05) is 38.8 Å². The molecule has 0 aliphatic carbocycles. The van der Waals surface area contributed by atoms with Gasteiger partial charge in [0.25, 0.3) is 0 Å². The van der Waals surface area contributed by atoms with Gasteiger partial charge in [-0.05, 0) is 25.3 Å². The van der Waals surface area contributed by atoms with E-state index in [0.717, 1.165) is 16.7 Å². The minimum absolute atomic E-state index is 0.0615. The van der Waals surface area contributed by atoms with E-state index in [2.05, 4.69) is 20.2 Å². The molecule has 0 bridgehead atoms. The number of methoxy groups -OCH3 is 2. The van der Waals surface area contributed by atoms with Gasteiger partial charge in [-0.1, -0.05) is 0 Å². The SMILES string of the molecule is COc1cc2ncnc(N3CCC4(CC3)CC(O)CNC4=O)c2cc1OC. The molecule has 8 nitrogen and oxygen atoms in total. The van der Waals surface area contributed by atoms with Crippen LogP contribution in [-0.2, 0) is 4.79 Å². The fourth-order valence-electron chi connectivity index (χ4n) is 4.21. The number of aliphatic hydroxyl groups is 1. The number of fused-ring (bicyclic) bond motifs is 1. The Kier molecular flexibility index (Phi) is 4.51. The molecule has 27 heavy (non-hydrogen) atoms. The third-order valence-corrected chi connectivity index (χ3v) is 5.75. The predicted molar refractivity (Wildman–Crippen MR) is 100 cm³/mol. The number of amides is 1. The Hall–Kier alpha value is -2.61. The summed E-state index contributed by atoms with van der Waals surface area (Å²) in [5, 5.41) is 13.7. The first-order valence-electron chi connectivity index (χ1n) is 9.14. The minimum Gasteiger partial charge on any atom is -0.493 e. The molecule has 8 heteroatoms. The largest absolute Gasteiger partial charge is 0.493 e. The number of rotatable bonds is 3. The summed E-state index contributed by atoms with van der Waals surface area (Å²) >= 11 is 0. The van der Waals surface area contributed by atoms with Crippen molar-refractivity contribution < 1.29 is 19.4 Å². The monoisotopic (exact) mass is 372 g/mol. The predicted octanol–water partition coefficient (Wildman–Crippen LogP) is 1.11. The van der Waals surface area contributed by atoms with E-state index in [-0.39, 0.29) is 5.91 Å². The normalized spacial score (nSPS) is 22.0. The highest BCUT2D eigenvalue weighted by Crippen LogP contribution is 2.41. The van der Waals surface area contributed by atoms with Crippen molar-refractivity contribution in [1.29, 1.82) is 0 Å². The molecule has 1 unspecified atom stereocenters. The molecule has 2 fully saturated rings. The van der Waals surface area contributed by atoms with Crippen molar-refractivity contribution in [2.45, 2.75) is 25.4 Å². The molecular formula is C19H24N4O4. The van der Waals surface area contributed by atoms with Crippen LogP contribution in [0.1, 0.15) is 19.3 Å². The van der Waals surface area contributed by atoms with Gasteiger partial charge < -0.3 is 24.8 Å². The Labute approximate surface area is 157 Å². The van der Waals surface area contributed by atoms with Crippen molar-refractivity contribution in [3.8, 4) is 11.5 Å². The first-order valence-corrected chi connectivity index (χ1v) is 9.14. The van der Waals surface area contributed by atoms with E-state index >= 15 is 0 Å². The summed E-state index contributed by atoms with van der Waals surface area (Å²) in [6.45, 7) is 1.74. The summed E-state index contributed by atoms with van der Waals surface area (Å²) in [6, 6.07) is 3.74. The highest BCUT2D eigenvalue weighted by atomic mass is 16.5. The molecule has 0 saturated carbocycles. The van der Waals surface area contributed by atoms with Gasteiger partial charge in [0, 0.05) is 31.1 Å². The molecule has 1 aromatic heterocycles. The lowest BCUT2D eigenvalue weighted by atomic mass is 9.71. The van der Waals surface area contributed by atoms with Crippen LogP contribution >= 0.6 is 0 Å². The molecule has 2 aliphatic rings. The Balaban J connectivity index is 1.63. The lowest BCUT2D eigenvalue weighted by Gasteiger charge is -2.44. The highest BCUT2D eigenvalue weighted by molar-refractivity contribution is 5.92. The van der Waals surface area contributed by atoms with E-state index in [9.17, 15) is 9.90 Å². The van der Waals surface area contributed by atoms with Crippen molar-refractivity contribution >= 4 is 22.6 Å². The summed E-state index contributed by atoms with van der Waals surface area (Å²) in [5.41, 5.74) is 0.307. The number of β-amino-alcohol motifs (C(OH)–C–C–N with tert-alkyl or cyclic N) is 1. The number of hydrogen-bond acceptors (Lipinski definition) is 7. The second-order valence-corrected chi connectivity index (χ2v) is 7.26. The fourth-order valence-corrected chi connectivity index (χ4v) is 4.21. The Morgan fingerprint density at radius 1 is 1.19 bits per heavy atom. The number of benzene rings is 1. The van der Waals surface area contributed by atoms with Gasteiger partial charge in [0.15, 0.2) is 11.5 Å². The molecule has 1 atom stereocenters. The molecule has 0 radical (unpaired) electrons. The van der Waals surface area contributed by atoms with Gasteiger partial charge >= 0.3 is 0 Å². The smallest absolute Gasteiger partial charge is 0.226 e. The van der Waals surface area contributed by atoms with Crippen LogP contribution in [0, 0.1) is 5.41 Å². The van der Waals surface area contributed by atoms with Gasteiger partial charge in [-0.3, -0.25) is 4.79 Å². The van der Waals surface area contributed by atoms with Crippen LogP contribution in [0.4, 0.5) is 5.82 Å². The molecular weight excluding hydrogens is 348 g/mol. The molecule has 2 aliphatic heterocycles. The maximum atomic E-state index is 12.4. The molecule has 4 rings (SSSR count). The molecule has 1 aromatic carbocycles. The Bertz CT molecular complexity index is 864. The third-order valence-electron chi connectivity index (χ3n) is 5.75. The molecule has 1 amide bonds. The van der Waals surface area contributed by atoms with Crippen LogP contribution in [0.3, 0.4) is 0 Å². The van der Waals surface area contributed by atoms with E-state index in [1.54, 1.807) is 20.5 Å². The second-order valence-electron chi connectivity index (χ2n) is 7.26. The van der Waals surface area contributed by atoms with E-state index in [0.29, 0.717) is 50.4 Å². The summed E-state index contributed by atoms with van der Waals surface area (Å²) in [4.78, 5) is 23.5. The first-order chi connectivity index (χ1) is 13.1. The van der Waals surface area contributed by atoms with Gasteiger partial charge in [0.1, 0.15) is 12.1 Å². The Morgan fingerprint density at radius 2 is 1.89 bits per heavy atom. The average molecular weight is 372 g/mol. The topological polar surface area (TPSA) is 96.8 Å². The number of aliphatic hydroxyl groups excluding tert-OH is 1. The summed E-state index contributed by atoms with van der Waals surface area (Å²) in [7, 11) is 3.20. The zero-order valence-corrected chi connectivity index (χ0v) is 15.6. The number of nitrogens with one attached hydrogen (secondary N) is 1. The lowest BCUT2D eigenvalue weighted by Crippen LogP contribution is -2.56. The van der Waals surface area contributed by atoms with Crippen LogP contribution in [0.25, 0.3) is 10.9 Å². The molecule has 2 N–H and O–H groups in total. The summed E-state index contributed by atoms with van der Waals surface area (Å²) in [6.07, 6.45) is 2.99. The number of aromatic nitrogens is 2. The van der Waals surface area contributed by atoms with Crippen LogP contribution in [-0.4, -0.2) is 60.9 Å². The molecule has 2 aromatic rings. The molecule has 2 saturated heterocycles. The van der Waals surface area contributed by atoms with Gasteiger partial charge in [0.2, 0.25) is 5.91 Å².